The number of aryl methyl sites for hydroxylation is 3. The van der Waals surface area contributed by atoms with Gasteiger partial charge >= 0.3 is 0 Å². The normalized spacial score (nSPS) is 13.9. The lowest BCUT2D eigenvalue weighted by molar-refractivity contribution is -0.131. The molecule has 1 aliphatic heterocycles. The van der Waals surface area contributed by atoms with E-state index >= 15 is 0 Å². The van der Waals surface area contributed by atoms with Gasteiger partial charge in [-0.25, -0.2) is 9.97 Å². The third-order valence-electron chi connectivity index (χ3n) is 5.58. The number of carbonyl (C=O) groups is 1. The Morgan fingerprint density at radius 2 is 1.65 bits per heavy atom. The van der Waals surface area contributed by atoms with Gasteiger partial charge in [0.05, 0.1) is 0 Å². The molecule has 2 heterocycles. The lowest BCUT2D eigenvalue weighted by atomic mass is 10.1. The molecule has 1 saturated heterocycles. The first-order valence-electron chi connectivity index (χ1n) is 10.8. The number of anilines is 3. The van der Waals surface area contributed by atoms with Crippen molar-refractivity contribution in [2.45, 2.75) is 26.7 Å². The minimum atomic E-state index is 0.226. The van der Waals surface area contributed by atoms with Crippen molar-refractivity contribution in [2.24, 2.45) is 0 Å². The molecule has 0 unspecified atom stereocenters. The maximum Gasteiger partial charge on any atom is 0.223 e. The van der Waals surface area contributed by atoms with Crippen LogP contribution < -0.4 is 10.2 Å². The standard InChI is InChI=1S/C25H29N5O/c1-19-8-11-22(12-9-19)28-23-18-24(27-20(2)26-23)29-14-16-30(17-15-29)25(31)13-10-21-6-4-3-5-7-21/h3-9,11-12,18H,10,13-17H2,1-2H3,(H,26,27,28). The van der Waals surface area contributed by atoms with Crippen molar-refractivity contribution in [3.8, 4) is 0 Å². The molecule has 4 rings (SSSR count). The van der Waals surface area contributed by atoms with E-state index in [4.69, 9.17) is 0 Å². The molecule has 0 saturated carbocycles. The van der Waals surface area contributed by atoms with E-state index in [2.05, 4.69) is 51.4 Å². The lowest BCUT2D eigenvalue weighted by Gasteiger charge is -2.35. The Bertz CT molecular complexity index is 1010. The Hall–Kier alpha value is -3.41. The Kier molecular flexibility index (Phi) is 6.46. The molecular weight excluding hydrogens is 386 g/mol. The maximum atomic E-state index is 12.6. The van der Waals surface area contributed by atoms with Crippen molar-refractivity contribution in [3.63, 3.8) is 0 Å². The van der Waals surface area contributed by atoms with Gasteiger partial charge in [-0.3, -0.25) is 4.79 Å². The highest BCUT2D eigenvalue weighted by atomic mass is 16.2. The molecule has 0 aliphatic carbocycles. The van der Waals surface area contributed by atoms with E-state index in [0.717, 1.165) is 55.7 Å². The highest BCUT2D eigenvalue weighted by Gasteiger charge is 2.22. The number of hydrogen-bond donors (Lipinski definition) is 1. The Labute approximate surface area is 183 Å². The highest BCUT2D eigenvalue weighted by molar-refractivity contribution is 5.76. The van der Waals surface area contributed by atoms with Gasteiger partial charge in [0, 0.05) is 44.4 Å². The van der Waals surface area contributed by atoms with Crippen LogP contribution >= 0.6 is 0 Å². The van der Waals surface area contributed by atoms with Crippen LogP contribution in [0.5, 0.6) is 0 Å². The van der Waals surface area contributed by atoms with Gasteiger partial charge in [0.25, 0.3) is 0 Å². The van der Waals surface area contributed by atoms with Crippen molar-refractivity contribution in [1.29, 1.82) is 0 Å². The second kappa shape index (κ2) is 9.60. The zero-order valence-electron chi connectivity index (χ0n) is 18.2. The molecule has 6 heteroatoms. The molecule has 0 atom stereocenters. The molecule has 0 bridgehead atoms. The summed E-state index contributed by atoms with van der Waals surface area (Å²) >= 11 is 0. The third-order valence-corrected chi connectivity index (χ3v) is 5.58. The van der Waals surface area contributed by atoms with E-state index < -0.39 is 0 Å². The maximum absolute atomic E-state index is 12.6. The highest BCUT2D eigenvalue weighted by Crippen LogP contribution is 2.21. The van der Waals surface area contributed by atoms with Crippen LogP contribution in [0.3, 0.4) is 0 Å². The van der Waals surface area contributed by atoms with Crippen LogP contribution in [0.2, 0.25) is 0 Å². The van der Waals surface area contributed by atoms with Gasteiger partial charge in [0.2, 0.25) is 5.91 Å². The molecule has 1 aliphatic rings. The molecule has 0 radical (unpaired) electrons. The molecule has 160 valence electrons. The van der Waals surface area contributed by atoms with Crippen LogP contribution in [0.4, 0.5) is 17.3 Å². The van der Waals surface area contributed by atoms with Gasteiger partial charge < -0.3 is 15.1 Å². The van der Waals surface area contributed by atoms with Crippen LogP contribution in [0.1, 0.15) is 23.4 Å². The summed E-state index contributed by atoms with van der Waals surface area (Å²) in [7, 11) is 0. The smallest absolute Gasteiger partial charge is 0.223 e. The van der Waals surface area contributed by atoms with E-state index in [-0.39, 0.29) is 5.91 Å². The van der Waals surface area contributed by atoms with Gasteiger partial charge in [0.15, 0.2) is 0 Å². The average Bonchev–Trinajstić information content (AvgIpc) is 2.79. The molecule has 1 N–H and O–H groups in total. The number of hydrogen-bond acceptors (Lipinski definition) is 5. The van der Waals surface area contributed by atoms with Gasteiger partial charge in [-0.15, -0.1) is 0 Å². The SMILES string of the molecule is Cc1ccc(Nc2cc(N3CCN(C(=O)CCc4ccccc4)CC3)nc(C)n2)cc1. The molecule has 1 amide bonds. The van der Waals surface area contributed by atoms with Crippen molar-refractivity contribution < 1.29 is 4.79 Å². The first-order chi connectivity index (χ1) is 15.1. The minimum Gasteiger partial charge on any atom is -0.353 e. The van der Waals surface area contributed by atoms with Gasteiger partial charge in [-0.2, -0.15) is 0 Å². The molecule has 2 aromatic carbocycles. The summed E-state index contributed by atoms with van der Waals surface area (Å²) in [5, 5.41) is 3.37. The number of rotatable bonds is 6. The van der Waals surface area contributed by atoms with Crippen LogP contribution in [-0.2, 0) is 11.2 Å². The summed E-state index contributed by atoms with van der Waals surface area (Å²) in [4.78, 5) is 26.0. The first-order valence-corrected chi connectivity index (χ1v) is 10.8. The quantitative estimate of drug-likeness (QED) is 0.656. The average molecular weight is 416 g/mol. The van der Waals surface area contributed by atoms with Crippen molar-refractivity contribution >= 4 is 23.2 Å². The van der Waals surface area contributed by atoms with Crippen LogP contribution in [0.25, 0.3) is 0 Å². The predicted molar refractivity (Wildman–Crippen MR) is 125 cm³/mol. The number of aromatic nitrogens is 2. The van der Waals surface area contributed by atoms with Crippen molar-refractivity contribution in [3.05, 3.63) is 77.6 Å². The molecular formula is C25H29N5O. The van der Waals surface area contributed by atoms with Crippen LogP contribution in [-0.4, -0.2) is 47.0 Å². The Morgan fingerprint density at radius 3 is 2.35 bits per heavy atom. The Morgan fingerprint density at radius 1 is 0.935 bits per heavy atom. The Balaban J connectivity index is 1.34. The number of piperazine rings is 1. The summed E-state index contributed by atoms with van der Waals surface area (Å²) < 4.78 is 0. The van der Waals surface area contributed by atoms with Crippen molar-refractivity contribution in [1.82, 2.24) is 14.9 Å². The second-order valence-corrected chi connectivity index (χ2v) is 8.00. The van der Waals surface area contributed by atoms with E-state index in [1.165, 1.54) is 11.1 Å². The fraction of sp³-hybridized carbons (Fsp3) is 0.320. The van der Waals surface area contributed by atoms with E-state index in [0.29, 0.717) is 6.42 Å². The minimum absolute atomic E-state index is 0.226. The molecule has 6 nitrogen and oxygen atoms in total. The van der Waals surface area contributed by atoms with Crippen LogP contribution in [0, 0.1) is 13.8 Å². The monoisotopic (exact) mass is 415 g/mol. The number of amides is 1. The van der Waals surface area contributed by atoms with Gasteiger partial charge in [0.1, 0.15) is 17.5 Å². The number of carbonyl (C=O) groups excluding carboxylic acids is 1. The zero-order valence-corrected chi connectivity index (χ0v) is 18.2. The van der Waals surface area contributed by atoms with Crippen LogP contribution in [0.15, 0.2) is 60.7 Å². The van der Waals surface area contributed by atoms with E-state index in [9.17, 15) is 4.79 Å². The summed E-state index contributed by atoms with van der Waals surface area (Å²) in [5.74, 6) is 2.64. The topological polar surface area (TPSA) is 61.4 Å². The van der Waals surface area contributed by atoms with Crippen molar-refractivity contribution in [2.75, 3.05) is 36.4 Å². The summed E-state index contributed by atoms with van der Waals surface area (Å²) in [6.45, 7) is 6.97. The van der Waals surface area contributed by atoms with Gasteiger partial charge in [-0.1, -0.05) is 48.0 Å². The third kappa shape index (κ3) is 5.60. The number of nitrogens with one attached hydrogen (secondary N) is 1. The molecule has 1 fully saturated rings. The van der Waals surface area contributed by atoms with E-state index in [1.807, 2.05) is 48.2 Å². The van der Waals surface area contributed by atoms with Gasteiger partial charge in [-0.05, 0) is 38.0 Å². The summed E-state index contributed by atoms with van der Waals surface area (Å²) in [6.07, 6.45) is 1.35. The fourth-order valence-corrected chi connectivity index (χ4v) is 3.80. The number of nitrogens with zero attached hydrogens (tertiary/aromatic N) is 4. The van der Waals surface area contributed by atoms with E-state index in [1.54, 1.807) is 0 Å². The largest absolute Gasteiger partial charge is 0.353 e. The lowest BCUT2D eigenvalue weighted by Crippen LogP contribution is -2.49. The number of benzene rings is 2. The zero-order chi connectivity index (χ0) is 21.6. The summed E-state index contributed by atoms with van der Waals surface area (Å²) in [6, 6.07) is 20.4. The molecule has 31 heavy (non-hydrogen) atoms. The molecule has 3 aromatic rings. The predicted octanol–water partition coefficient (Wildman–Crippen LogP) is 4.12. The summed E-state index contributed by atoms with van der Waals surface area (Å²) in [5.41, 5.74) is 3.43. The molecule has 1 aromatic heterocycles. The molecule has 0 spiro atoms. The fourth-order valence-electron chi connectivity index (χ4n) is 3.80. The second-order valence-electron chi connectivity index (χ2n) is 8.00. The first kappa shape index (κ1) is 20.8.